The smallest absolute Gasteiger partial charge is 0.311 e. The highest BCUT2D eigenvalue weighted by molar-refractivity contribution is 7.25. The number of hydrogen-bond donors (Lipinski definition) is 0. The van der Waals surface area contributed by atoms with Gasteiger partial charge < -0.3 is 4.74 Å². The van der Waals surface area contributed by atoms with E-state index in [1.54, 1.807) is 18.2 Å². The second-order valence-electron chi connectivity index (χ2n) is 6.32. The third-order valence-corrected chi connectivity index (χ3v) is 5.85. The van der Waals surface area contributed by atoms with E-state index >= 15 is 0 Å². The van der Waals surface area contributed by atoms with E-state index in [9.17, 15) is 9.59 Å². The lowest BCUT2D eigenvalue weighted by Gasteiger charge is -2.09. The molecule has 136 valence electrons. The molecule has 5 heteroatoms. The molecule has 0 bridgehead atoms. The molecule has 0 unspecified atom stereocenters. The second-order valence-corrected chi connectivity index (χ2v) is 7.77. The fourth-order valence-electron chi connectivity index (χ4n) is 2.97. The van der Waals surface area contributed by atoms with Crippen molar-refractivity contribution < 1.29 is 9.53 Å². The summed E-state index contributed by atoms with van der Waals surface area (Å²) in [5, 5.41) is 1.43. The minimum atomic E-state index is -0.266. The number of carbonyl (C=O) groups excluding carboxylic acids is 1. The van der Waals surface area contributed by atoms with Gasteiger partial charge in [0, 0.05) is 16.5 Å². The van der Waals surface area contributed by atoms with Crippen LogP contribution in [0.3, 0.4) is 0 Å². The molecule has 0 fully saturated rings. The Labute approximate surface area is 161 Å². The van der Waals surface area contributed by atoms with Gasteiger partial charge in [0.2, 0.25) is 0 Å². The van der Waals surface area contributed by atoms with Crippen molar-refractivity contribution in [2.24, 2.45) is 0 Å². The highest BCUT2D eigenvalue weighted by Gasteiger charge is 2.15. The van der Waals surface area contributed by atoms with Crippen LogP contribution in [0.5, 0.6) is 5.75 Å². The molecule has 0 aliphatic heterocycles. The maximum atomic E-state index is 12.8. The van der Waals surface area contributed by atoms with Crippen molar-refractivity contribution in [1.82, 2.24) is 0 Å². The van der Waals surface area contributed by atoms with Crippen LogP contribution >= 0.6 is 22.9 Å². The Kier molecular flexibility index (Phi) is 6.28. The molecule has 0 spiro atoms. The number of ether oxygens (including phenoxy) is 1. The van der Waals surface area contributed by atoms with Crippen molar-refractivity contribution in [1.29, 1.82) is 0 Å². The summed E-state index contributed by atoms with van der Waals surface area (Å²) in [6.07, 6.45) is 5.75. The van der Waals surface area contributed by atoms with Gasteiger partial charge in [0.05, 0.1) is 15.1 Å². The van der Waals surface area contributed by atoms with Crippen LogP contribution in [0.25, 0.3) is 20.2 Å². The average molecular weight is 389 g/mol. The first-order valence-electron chi connectivity index (χ1n) is 8.96. The van der Waals surface area contributed by atoms with Crippen LogP contribution < -0.4 is 10.2 Å². The lowest BCUT2D eigenvalue weighted by Crippen LogP contribution is -2.09. The van der Waals surface area contributed by atoms with E-state index in [1.807, 2.05) is 18.2 Å². The zero-order valence-electron chi connectivity index (χ0n) is 14.7. The molecule has 0 N–H and O–H groups in total. The fraction of sp³-hybridized carbons (Fsp3) is 0.333. The van der Waals surface area contributed by atoms with Gasteiger partial charge in [0.1, 0.15) is 5.75 Å². The number of rotatable bonds is 7. The molecule has 3 rings (SSSR count). The van der Waals surface area contributed by atoms with Gasteiger partial charge in [-0.25, -0.2) is 0 Å². The number of unbranched alkanes of at least 4 members (excludes halogenated alkanes) is 4. The maximum Gasteiger partial charge on any atom is 0.311 e. The molecule has 0 aliphatic rings. The summed E-state index contributed by atoms with van der Waals surface area (Å²) in [4.78, 5) is 25.0. The van der Waals surface area contributed by atoms with Crippen LogP contribution in [-0.4, -0.2) is 5.97 Å². The van der Waals surface area contributed by atoms with Crippen molar-refractivity contribution in [3.63, 3.8) is 0 Å². The average Bonchev–Trinajstić information content (AvgIpc) is 2.64. The van der Waals surface area contributed by atoms with Gasteiger partial charge in [-0.1, -0.05) is 56.3 Å². The molecular formula is C21H21ClO3S. The molecule has 3 aromatic rings. The Bertz CT molecular complexity index is 994. The zero-order chi connectivity index (χ0) is 18.5. The Balaban J connectivity index is 1.88. The summed E-state index contributed by atoms with van der Waals surface area (Å²) < 4.78 is 7.04. The molecule has 0 saturated heterocycles. The minimum absolute atomic E-state index is 0.128. The van der Waals surface area contributed by atoms with Crippen LogP contribution in [0.4, 0.5) is 0 Å². The molecule has 26 heavy (non-hydrogen) atoms. The summed E-state index contributed by atoms with van der Waals surface area (Å²) in [5.74, 6) is 0.147. The van der Waals surface area contributed by atoms with E-state index in [0.29, 0.717) is 32.7 Å². The van der Waals surface area contributed by atoms with E-state index in [2.05, 4.69) is 6.92 Å². The third kappa shape index (κ3) is 4.08. The molecule has 1 heterocycles. The number of esters is 1. The van der Waals surface area contributed by atoms with E-state index in [4.69, 9.17) is 16.3 Å². The number of benzene rings is 2. The summed E-state index contributed by atoms with van der Waals surface area (Å²) in [7, 11) is 0. The normalized spacial score (nSPS) is 11.2. The first-order chi connectivity index (χ1) is 12.6. The molecular weight excluding hydrogens is 368 g/mol. The van der Waals surface area contributed by atoms with Crippen LogP contribution in [0, 0.1) is 0 Å². The molecule has 0 radical (unpaired) electrons. The Morgan fingerprint density at radius 2 is 1.85 bits per heavy atom. The van der Waals surface area contributed by atoms with Gasteiger partial charge in [-0.2, -0.15) is 0 Å². The number of hydrogen-bond acceptors (Lipinski definition) is 4. The number of halogens is 1. The quantitative estimate of drug-likeness (QED) is 0.205. The molecule has 2 aromatic carbocycles. The topological polar surface area (TPSA) is 43.4 Å². The first-order valence-corrected chi connectivity index (χ1v) is 10.2. The molecule has 1 aromatic heterocycles. The van der Waals surface area contributed by atoms with Crippen molar-refractivity contribution in [3.8, 4) is 5.75 Å². The lowest BCUT2D eigenvalue weighted by molar-refractivity contribution is -0.134. The van der Waals surface area contributed by atoms with Crippen molar-refractivity contribution in [3.05, 3.63) is 51.6 Å². The molecule has 0 amide bonds. The summed E-state index contributed by atoms with van der Waals surface area (Å²) >= 11 is 7.69. The van der Waals surface area contributed by atoms with Crippen LogP contribution in [-0.2, 0) is 4.79 Å². The Morgan fingerprint density at radius 1 is 1.08 bits per heavy atom. The fourth-order valence-corrected chi connectivity index (χ4v) is 4.42. The minimum Gasteiger partial charge on any atom is -0.425 e. The summed E-state index contributed by atoms with van der Waals surface area (Å²) in [6.45, 7) is 2.16. The van der Waals surface area contributed by atoms with Gasteiger partial charge in [-0.15, -0.1) is 11.3 Å². The van der Waals surface area contributed by atoms with Crippen LogP contribution in [0.1, 0.15) is 45.4 Å². The van der Waals surface area contributed by atoms with Gasteiger partial charge in [0.25, 0.3) is 0 Å². The highest BCUT2D eigenvalue weighted by atomic mass is 35.5. The summed E-state index contributed by atoms with van der Waals surface area (Å²) in [5.41, 5.74) is -0.128. The molecule has 3 nitrogen and oxygen atoms in total. The van der Waals surface area contributed by atoms with Gasteiger partial charge in [0.15, 0.2) is 5.43 Å². The monoisotopic (exact) mass is 388 g/mol. The second kappa shape index (κ2) is 8.65. The third-order valence-electron chi connectivity index (χ3n) is 4.35. The summed E-state index contributed by atoms with van der Waals surface area (Å²) in [6, 6.07) is 10.7. The largest absolute Gasteiger partial charge is 0.425 e. The predicted octanol–water partition coefficient (Wildman–Crippen LogP) is 6.33. The van der Waals surface area contributed by atoms with Gasteiger partial charge in [-0.3, -0.25) is 9.59 Å². The highest BCUT2D eigenvalue weighted by Crippen LogP contribution is 2.36. The van der Waals surface area contributed by atoms with Gasteiger partial charge >= 0.3 is 5.97 Å². The molecule has 0 aliphatic carbocycles. The Hall–Kier alpha value is -1.91. The van der Waals surface area contributed by atoms with Gasteiger partial charge in [-0.05, 0) is 30.7 Å². The molecule has 0 saturated carbocycles. The van der Waals surface area contributed by atoms with E-state index in [-0.39, 0.29) is 11.4 Å². The van der Waals surface area contributed by atoms with E-state index in [1.165, 1.54) is 24.2 Å². The van der Waals surface area contributed by atoms with Crippen molar-refractivity contribution in [2.75, 3.05) is 0 Å². The maximum absolute atomic E-state index is 12.8. The predicted molar refractivity (Wildman–Crippen MR) is 110 cm³/mol. The van der Waals surface area contributed by atoms with E-state index < -0.39 is 0 Å². The first kappa shape index (κ1) is 18.9. The molecule has 0 atom stereocenters. The van der Waals surface area contributed by atoms with E-state index in [0.717, 1.165) is 24.0 Å². The number of carbonyl (C=O) groups is 1. The lowest BCUT2D eigenvalue weighted by atomic mass is 10.1. The Morgan fingerprint density at radius 3 is 2.65 bits per heavy atom. The van der Waals surface area contributed by atoms with Crippen molar-refractivity contribution in [2.45, 2.75) is 45.4 Å². The standard InChI is InChI=1S/C21H21ClO3S/c1-2-3-4-5-6-11-18(23)25-16-13-12-15(22)19-20(24)14-9-7-8-10-17(14)26-21(16)19/h7-10,12-13H,2-6,11H2,1H3. The number of fused-ring (bicyclic) bond motifs is 2. The van der Waals surface area contributed by atoms with Crippen LogP contribution in [0.2, 0.25) is 5.02 Å². The van der Waals surface area contributed by atoms with Crippen molar-refractivity contribution >= 4 is 49.1 Å². The SMILES string of the molecule is CCCCCCCC(=O)Oc1ccc(Cl)c2c(=O)c3ccccc3sc12. The van der Waals surface area contributed by atoms with Crippen LogP contribution in [0.15, 0.2) is 41.2 Å². The zero-order valence-corrected chi connectivity index (χ0v) is 16.3.